The van der Waals surface area contributed by atoms with Gasteiger partial charge in [0.05, 0.1) is 11.5 Å². The lowest BCUT2D eigenvalue weighted by molar-refractivity contribution is 0.300. The van der Waals surface area contributed by atoms with Gasteiger partial charge in [0.15, 0.2) is 9.84 Å². The van der Waals surface area contributed by atoms with Gasteiger partial charge in [-0.15, -0.1) is 0 Å². The molecule has 1 aliphatic heterocycles. The molecule has 0 saturated carbocycles. The highest BCUT2D eigenvalue weighted by molar-refractivity contribution is 7.91. The van der Waals surface area contributed by atoms with E-state index in [1.807, 2.05) is 6.92 Å². The van der Waals surface area contributed by atoms with Crippen LogP contribution in [0.5, 0.6) is 0 Å². The van der Waals surface area contributed by atoms with Crippen molar-refractivity contribution in [3.8, 4) is 0 Å². The van der Waals surface area contributed by atoms with Gasteiger partial charge in [-0.1, -0.05) is 6.92 Å². The van der Waals surface area contributed by atoms with E-state index in [-0.39, 0.29) is 0 Å². The second-order valence-corrected chi connectivity index (χ2v) is 6.49. The van der Waals surface area contributed by atoms with Crippen molar-refractivity contribution in [1.29, 1.82) is 0 Å². The van der Waals surface area contributed by atoms with Gasteiger partial charge >= 0.3 is 0 Å². The number of hydrogen-bond donors (Lipinski definition) is 1. The first-order chi connectivity index (χ1) is 5.49. The van der Waals surface area contributed by atoms with Crippen LogP contribution in [0.3, 0.4) is 0 Å². The number of thiol groups is 1. The summed E-state index contributed by atoms with van der Waals surface area (Å²) in [7, 11) is -2.72. The molecule has 3 nitrogen and oxygen atoms in total. The van der Waals surface area contributed by atoms with Crippen LogP contribution in [0.4, 0.5) is 0 Å². The summed E-state index contributed by atoms with van der Waals surface area (Å²) in [5.74, 6) is 0.626. The summed E-state index contributed by atoms with van der Waals surface area (Å²) in [6.07, 6.45) is 0. The Morgan fingerprint density at radius 2 is 1.92 bits per heavy atom. The third-order valence-electron chi connectivity index (χ3n) is 1.96. The van der Waals surface area contributed by atoms with Crippen LogP contribution in [0.2, 0.25) is 0 Å². The molecular formula is C7H15NO2S2. The quantitative estimate of drug-likeness (QED) is 0.652. The molecule has 12 heavy (non-hydrogen) atoms. The van der Waals surface area contributed by atoms with Crippen molar-refractivity contribution in [1.82, 2.24) is 4.90 Å². The lowest BCUT2D eigenvalue weighted by Gasteiger charge is -2.27. The largest absolute Gasteiger partial charge is 0.300 e. The van der Waals surface area contributed by atoms with Crippen LogP contribution < -0.4 is 0 Å². The Bertz CT molecular complexity index is 222. The van der Waals surface area contributed by atoms with Crippen LogP contribution >= 0.6 is 12.6 Å². The highest BCUT2D eigenvalue weighted by atomic mass is 32.2. The molecule has 1 atom stereocenters. The molecule has 1 saturated heterocycles. The maximum absolute atomic E-state index is 11.0. The number of nitrogens with zero attached hydrogens (tertiary/aromatic N) is 1. The van der Waals surface area contributed by atoms with E-state index in [9.17, 15) is 8.42 Å². The number of rotatable bonds is 2. The minimum absolute atomic E-state index is 0.313. The monoisotopic (exact) mass is 209 g/mol. The molecule has 0 N–H and O–H groups in total. The Hall–Kier alpha value is 0.260. The molecule has 0 amide bonds. The van der Waals surface area contributed by atoms with Gasteiger partial charge in [0.25, 0.3) is 0 Å². The normalized spacial score (nSPS) is 26.8. The minimum Gasteiger partial charge on any atom is -0.300 e. The molecule has 1 fully saturated rings. The van der Waals surface area contributed by atoms with Crippen LogP contribution in [0, 0.1) is 0 Å². The Kier molecular flexibility index (Phi) is 3.43. The second-order valence-electron chi connectivity index (χ2n) is 3.30. The summed E-state index contributed by atoms with van der Waals surface area (Å²) in [5.41, 5.74) is 0. The summed E-state index contributed by atoms with van der Waals surface area (Å²) < 4.78 is 22.1. The van der Waals surface area contributed by atoms with Crippen molar-refractivity contribution in [2.24, 2.45) is 0 Å². The van der Waals surface area contributed by atoms with Crippen LogP contribution in [0.1, 0.15) is 6.92 Å². The van der Waals surface area contributed by atoms with Gasteiger partial charge in [-0.2, -0.15) is 12.6 Å². The molecule has 0 aliphatic carbocycles. The van der Waals surface area contributed by atoms with Crippen LogP contribution in [-0.4, -0.2) is 49.7 Å². The van der Waals surface area contributed by atoms with Gasteiger partial charge in [-0.05, 0) is 0 Å². The van der Waals surface area contributed by atoms with Crippen molar-refractivity contribution in [3.63, 3.8) is 0 Å². The van der Waals surface area contributed by atoms with Crippen molar-refractivity contribution < 1.29 is 8.42 Å². The third kappa shape index (κ3) is 3.33. The maximum Gasteiger partial charge on any atom is 0.152 e. The highest BCUT2D eigenvalue weighted by Crippen LogP contribution is 2.05. The lowest BCUT2D eigenvalue weighted by Crippen LogP contribution is -2.42. The molecule has 1 aliphatic rings. The summed E-state index contributed by atoms with van der Waals surface area (Å²) in [6, 6.07) is 0. The topological polar surface area (TPSA) is 37.4 Å². The average molecular weight is 209 g/mol. The zero-order valence-electron chi connectivity index (χ0n) is 7.23. The van der Waals surface area contributed by atoms with E-state index >= 15 is 0 Å². The van der Waals surface area contributed by atoms with Gasteiger partial charge in [0, 0.05) is 24.9 Å². The molecule has 0 spiro atoms. The maximum atomic E-state index is 11.0. The van der Waals surface area contributed by atoms with E-state index in [2.05, 4.69) is 17.5 Å². The van der Waals surface area contributed by atoms with E-state index < -0.39 is 9.84 Å². The van der Waals surface area contributed by atoms with Gasteiger partial charge in [-0.3, -0.25) is 0 Å². The zero-order chi connectivity index (χ0) is 9.19. The smallest absolute Gasteiger partial charge is 0.152 e. The molecule has 0 aromatic rings. The number of hydrogen-bond acceptors (Lipinski definition) is 4. The summed E-state index contributed by atoms with van der Waals surface area (Å²) in [4.78, 5) is 2.15. The SMILES string of the molecule is C[C@H](S)CN1CCS(=O)(=O)CC1. The summed E-state index contributed by atoms with van der Waals surface area (Å²) >= 11 is 4.26. The fraction of sp³-hybridized carbons (Fsp3) is 1.00. The molecule has 0 aromatic carbocycles. The summed E-state index contributed by atoms with van der Waals surface area (Å²) in [5, 5.41) is 0.325. The molecule has 0 aromatic heterocycles. The first-order valence-corrected chi connectivity index (χ1v) is 6.44. The zero-order valence-corrected chi connectivity index (χ0v) is 8.94. The number of sulfone groups is 1. The lowest BCUT2D eigenvalue weighted by atomic mass is 10.4. The van der Waals surface area contributed by atoms with E-state index in [0.29, 0.717) is 29.8 Å². The Morgan fingerprint density at radius 1 is 1.42 bits per heavy atom. The van der Waals surface area contributed by atoms with Crippen molar-refractivity contribution in [2.75, 3.05) is 31.1 Å². The fourth-order valence-corrected chi connectivity index (χ4v) is 2.81. The van der Waals surface area contributed by atoms with Gasteiger partial charge in [0.1, 0.15) is 0 Å². The van der Waals surface area contributed by atoms with Gasteiger partial charge in [-0.25, -0.2) is 8.42 Å². The van der Waals surface area contributed by atoms with E-state index in [1.165, 1.54) is 0 Å². The molecule has 72 valence electrons. The highest BCUT2D eigenvalue weighted by Gasteiger charge is 2.21. The van der Waals surface area contributed by atoms with E-state index in [4.69, 9.17) is 0 Å². The summed E-state index contributed by atoms with van der Waals surface area (Å²) in [6.45, 7) is 4.26. The Labute approximate surface area is 79.5 Å². The predicted molar refractivity (Wildman–Crippen MR) is 53.5 cm³/mol. The predicted octanol–water partition coefficient (Wildman–Crippen LogP) is 0.0351. The first-order valence-electron chi connectivity index (χ1n) is 4.10. The Balaban J connectivity index is 2.36. The standard InChI is InChI=1S/C7H15NO2S2/c1-7(11)6-8-2-4-12(9,10)5-3-8/h7,11H,2-6H2,1H3/t7-/m0/s1. The molecule has 0 radical (unpaired) electrons. The van der Waals surface area contributed by atoms with Gasteiger partial charge < -0.3 is 4.90 Å². The third-order valence-corrected chi connectivity index (χ3v) is 3.73. The van der Waals surface area contributed by atoms with E-state index in [0.717, 1.165) is 6.54 Å². The molecule has 0 bridgehead atoms. The van der Waals surface area contributed by atoms with Crippen molar-refractivity contribution in [3.05, 3.63) is 0 Å². The van der Waals surface area contributed by atoms with Crippen LogP contribution in [-0.2, 0) is 9.84 Å². The molecule has 1 heterocycles. The minimum atomic E-state index is -2.72. The molecule has 5 heteroatoms. The Morgan fingerprint density at radius 3 is 2.33 bits per heavy atom. The van der Waals surface area contributed by atoms with Crippen molar-refractivity contribution in [2.45, 2.75) is 12.2 Å². The molecule has 0 unspecified atom stereocenters. The van der Waals surface area contributed by atoms with Crippen molar-refractivity contribution >= 4 is 22.5 Å². The van der Waals surface area contributed by atoms with Gasteiger partial charge in [0.2, 0.25) is 0 Å². The second kappa shape index (κ2) is 3.98. The van der Waals surface area contributed by atoms with Crippen LogP contribution in [0.15, 0.2) is 0 Å². The fourth-order valence-electron chi connectivity index (χ4n) is 1.31. The van der Waals surface area contributed by atoms with E-state index in [1.54, 1.807) is 0 Å². The molecule has 1 rings (SSSR count). The first kappa shape index (κ1) is 10.3. The van der Waals surface area contributed by atoms with Crippen LogP contribution in [0.25, 0.3) is 0 Å². The average Bonchev–Trinajstić information content (AvgIpc) is 1.93. The molecular weight excluding hydrogens is 194 g/mol.